The molecule has 1 aliphatic rings. The van der Waals surface area contributed by atoms with Crippen LogP contribution in [-0.4, -0.2) is 22.4 Å². The lowest BCUT2D eigenvalue weighted by Gasteiger charge is -2.21. The highest BCUT2D eigenvalue weighted by molar-refractivity contribution is 6.07. The number of amides is 1. The van der Waals surface area contributed by atoms with Gasteiger partial charge in [0.1, 0.15) is 0 Å². The number of rotatable bonds is 1. The first-order valence-electron chi connectivity index (χ1n) is 5.91. The standard InChI is InChI=1S/C13H18N4O/c1-12(2,3)16-11-15-10(18)13(4,17-11)9-6-5-7-14-8-9/h5-8H,1-4H3,(H2,15,16,17,18). The Kier molecular flexibility index (Phi) is 2.84. The molecule has 1 aliphatic heterocycles. The van der Waals surface area contributed by atoms with Crippen molar-refractivity contribution in [1.29, 1.82) is 0 Å². The molecular weight excluding hydrogens is 228 g/mol. The Morgan fingerprint density at radius 1 is 1.39 bits per heavy atom. The highest BCUT2D eigenvalue weighted by Gasteiger charge is 2.41. The van der Waals surface area contributed by atoms with Crippen LogP contribution < -0.4 is 10.6 Å². The van der Waals surface area contributed by atoms with Gasteiger partial charge in [-0.1, -0.05) is 6.07 Å². The van der Waals surface area contributed by atoms with Crippen LogP contribution in [0.5, 0.6) is 0 Å². The third-order valence-corrected chi connectivity index (χ3v) is 2.73. The van der Waals surface area contributed by atoms with E-state index in [0.717, 1.165) is 5.56 Å². The zero-order valence-electron chi connectivity index (χ0n) is 11.1. The molecule has 0 bridgehead atoms. The van der Waals surface area contributed by atoms with Crippen LogP contribution in [0, 0.1) is 0 Å². The predicted molar refractivity (Wildman–Crippen MR) is 70.1 cm³/mol. The predicted octanol–water partition coefficient (Wildman–Crippen LogP) is 1.17. The average molecular weight is 246 g/mol. The first-order valence-corrected chi connectivity index (χ1v) is 5.91. The summed E-state index contributed by atoms with van der Waals surface area (Å²) >= 11 is 0. The molecule has 2 rings (SSSR count). The first kappa shape index (κ1) is 12.5. The van der Waals surface area contributed by atoms with Gasteiger partial charge in [-0.2, -0.15) is 0 Å². The maximum atomic E-state index is 12.1. The molecule has 0 aliphatic carbocycles. The summed E-state index contributed by atoms with van der Waals surface area (Å²) in [5.41, 5.74) is -0.262. The van der Waals surface area contributed by atoms with E-state index in [2.05, 4.69) is 20.6 Å². The van der Waals surface area contributed by atoms with Gasteiger partial charge in [-0.3, -0.25) is 15.1 Å². The van der Waals surface area contributed by atoms with Crippen LogP contribution in [0.3, 0.4) is 0 Å². The highest BCUT2D eigenvalue weighted by Crippen LogP contribution is 2.28. The van der Waals surface area contributed by atoms with E-state index >= 15 is 0 Å². The van der Waals surface area contributed by atoms with Gasteiger partial charge in [-0.05, 0) is 33.8 Å². The second-order valence-electron chi connectivity index (χ2n) is 5.60. The molecule has 0 saturated heterocycles. The van der Waals surface area contributed by atoms with Crippen molar-refractivity contribution in [2.45, 2.75) is 38.8 Å². The molecule has 1 atom stereocenters. The van der Waals surface area contributed by atoms with Crippen LogP contribution in [0.1, 0.15) is 33.3 Å². The molecule has 5 nitrogen and oxygen atoms in total. The van der Waals surface area contributed by atoms with Gasteiger partial charge in [-0.15, -0.1) is 0 Å². The third kappa shape index (κ3) is 2.34. The lowest BCUT2D eigenvalue weighted by molar-refractivity contribution is -0.123. The van der Waals surface area contributed by atoms with Crippen molar-refractivity contribution in [2.24, 2.45) is 4.99 Å². The van der Waals surface area contributed by atoms with Gasteiger partial charge in [0, 0.05) is 23.5 Å². The molecule has 2 heterocycles. The minimum Gasteiger partial charge on any atom is -0.351 e. The van der Waals surface area contributed by atoms with Crippen LogP contribution in [-0.2, 0) is 10.3 Å². The minimum atomic E-state index is -0.901. The Bertz CT molecular complexity index is 489. The van der Waals surface area contributed by atoms with Crippen LogP contribution in [0.4, 0.5) is 0 Å². The van der Waals surface area contributed by atoms with Crippen LogP contribution >= 0.6 is 0 Å². The number of pyridine rings is 1. The summed E-state index contributed by atoms with van der Waals surface area (Å²) in [4.78, 5) is 20.6. The van der Waals surface area contributed by atoms with Gasteiger partial charge in [0.25, 0.3) is 5.91 Å². The maximum absolute atomic E-state index is 12.1. The number of aromatic nitrogens is 1. The van der Waals surface area contributed by atoms with Gasteiger partial charge in [0.15, 0.2) is 11.5 Å². The Hall–Kier alpha value is -1.91. The molecule has 96 valence electrons. The Morgan fingerprint density at radius 2 is 2.11 bits per heavy atom. The smallest absolute Gasteiger partial charge is 0.259 e. The molecule has 0 spiro atoms. The van der Waals surface area contributed by atoms with Gasteiger partial charge >= 0.3 is 0 Å². The summed E-state index contributed by atoms with van der Waals surface area (Å²) in [6.45, 7) is 7.83. The van der Waals surface area contributed by atoms with Crippen molar-refractivity contribution in [3.63, 3.8) is 0 Å². The number of carbonyl (C=O) groups is 1. The van der Waals surface area contributed by atoms with Gasteiger partial charge in [-0.25, -0.2) is 4.99 Å². The van der Waals surface area contributed by atoms with Crippen molar-refractivity contribution in [2.75, 3.05) is 0 Å². The van der Waals surface area contributed by atoms with Crippen LogP contribution in [0.2, 0.25) is 0 Å². The molecule has 1 amide bonds. The molecule has 1 unspecified atom stereocenters. The number of nitrogens with zero attached hydrogens (tertiary/aromatic N) is 2. The van der Waals surface area contributed by atoms with E-state index in [4.69, 9.17) is 0 Å². The fraction of sp³-hybridized carbons (Fsp3) is 0.462. The van der Waals surface area contributed by atoms with E-state index < -0.39 is 5.54 Å². The van der Waals surface area contributed by atoms with Gasteiger partial charge in [0.2, 0.25) is 0 Å². The third-order valence-electron chi connectivity index (χ3n) is 2.73. The zero-order valence-corrected chi connectivity index (χ0v) is 11.1. The molecule has 18 heavy (non-hydrogen) atoms. The topological polar surface area (TPSA) is 66.4 Å². The minimum absolute atomic E-state index is 0.137. The van der Waals surface area contributed by atoms with Gasteiger partial charge < -0.3 is 5.32 Å². The summed E-state index contributed by atoms with van der Waals surface area (Å²) < 4.78 is 0. The largest absolute Gasteiger partial charge is 0.351 e. The second kappa shape index (κ2) is 4.08. The zero-order chi connectivity index (χ0) is 13.4. The number of hydrogen-bond acceptors (Lipinski definition) is 4. The fourth-order valence-electron chi connectivity index (χ4n) is 1.79. The molecule has 0 fully saturated rings. The number of nitrogens with one attached hydrogen (secondary N) is 2. The summed E-state index contributed by atoms with van der Waals surface area (Å²) in [6, 6.07) is 3.66. The SMILES string of the molecule is CC(C)(C)NC1=NC(C)(c2cccnc2)C(=O)N1. The summed E-state index contributed by atoms with van der Waals surface area (Å²) in [7, 11) is 0. The van der Waals surface area contributed by atoms with Gasteiger partial charge in [0.05, 0.1) is 0 Å². The normalized spacial score (nSPS) is 23.6. The van der Waals surface area contributed by atoms with Crippen molar-refractivity contribution in [3.05, 3.63) is 30.1 Å². The van der Waals surface area contributed by atoms with E-state index in [1.807, 2.05) is 26.8 Å². The monoisotopic (exact) mass is 246 g/mol. The van der Waals surface area contributed by atoms with E-state index in [-0.39, 0.29) is 11.4 Å². The average Bonchev–Trinajstić information content (AvgIpc) is 2.54. The maximum Gasteiger partial charge on any atom is 0.259 e. The Balaban J connectivity index is 2.31. The Morgan fingerprint density at radius 3 is 2.67 bits per heavy atom. The molecule has 2 N–H and O–H groups in total. The Labute approximate surface area is 107 Å². The molecule has 0 aromatic carbocycles. The number of guanidine groups is 1. The number of carbonyl (C=O) groups excluding carboxylic acids is 1. The van der Waals surface area contributed by atoms with E-state index in [1.54, 1.807) is 25.4 Å². The van der Waals surface area contributed by atoms with Crippen molar-refractivity contribution >= 4 is 11.9 Å². The number of hydrogen-bond donors (Lipinski definition) is 2. The van der Waals surface area contributed by atoms with Crippen molar-refractivity contribution in [3.8, 4) is 0 Å². The summed E-state index contributed by atoms with van der Waals surface area (Å²) in [5.74, 6) is 0.376. The second-order valence-corrected chi connectivity index (χ2v) is 5.60. The summed E-state index contributed by atoms with van der Waals surface area (Å²) in [5, 5.41) is 5.94. The number of aliphatic imine (C=N–C) groups is 1. The van der Waals surface area contributed by atoms with E-state index in [0.29, 0.717) is 5.96 Å². The fourth-order valence-corrected chi connectivity index (χ4v) is 1.79. The van der Waals surface area contributed by atoms with E-state index in [1.165, 1.54) is 0 Å². The van der Waals surface area contributed by atoms with Crippen LogP contribution in [0.15, 0.2) is 29.5 Å². The van der Waals surface area contributed by atoms with Crippen LogP contribution in [0.25, 0.3) is 0 Å². The highest BCUT2D eigenvalue weighted by atomic mass is 16.2. The molecular formula is C13H18N4O. The molecule has 5 heteroatoms. The van der Waals surface area contributed by atoms with Crippen molar-refractivity contribution in [1.82, 2.24) is 15.6 Å². The quantitative estimate of drug-likeness (QED) is 0.781. The molecule has 1 aromatic rings. The summed E-state index contributed by atoms with van der Waals surface area (Å²) in [6.07, 6.45) is 3.35. The van der Waals surface area contributed by atoms with Crippen molar-refractivity contribution < 1.29 is 4.79 Å². The molecule has 0 radical (unpaired) electrons. The molecule has 1 aromatic heterocycles. The van der Waals surface area contributed by atoms with E-state index in [9.17, 15) is 4.79 Å². The molecule has 0 saturated carbocycles. The lowest BCUT2D eigenvalue weighted by Crippen LogP contribution is -2.47. The lowest BCUT2D eigenvalue weighted by atomic mass is 9.94. The first-order chi connectivity index (χ1) is 8.31.